The Kier molecular flexibility index (Phi) is 16.9. The zero-order valence-electron chi connectivity index (χ0n) is 33.0. The summed E-state index contributed by atoms with van der Waals surface area (Å²) in [6.07, 6.45) is 32.8. The Balaban J connectivity index is 1.04. The first-order valence-corrected chi connectivity index (χ1v) is 20.1. The highest BCUT2D eigenvalue weighted by Crippen LogP contribution is 2.28. The number of hydrogen-bond donors (Lipinski definition) is 0. The molecule has 2 aromatic carbocycles. The number of unbranched alkanes of at least 4 members (excludes halogenated alkanes) is 2. The van der Waals surface area contributed by atoms with Gasteiger partial charge in [-0.25, -0.2) is 18.9 Å². The van der Waals surface area contributed by atoms with Crippen molar-refractivity contribution in [3.63, 3.8) is 0 Å². The maximum absolute atomic E-state index is 13.6. The molecule has 56 heavy (non-hydrogen) atoms. The van der Waals surface area contributed by atoms with E-state index in [4.69, 9.17) is 9.72 Å². The summed E-state index contributed by atoms with van der Waals surface area (Å²) in [5.74, 6) is 0.765. The lowest BCUT2D eigenvalue weighted by Gasteiger charge is -2.38. The van der Waals surface area contributed by atoms with Crippen LogP contribution < -0.4 is 15.4 Å². The number of esters is 1. The Bertz CT molecular complexity index is 2020. The number of halogens is 1. The maximum Gasteiger partial charge on any atom is 0.307 e. The van der Waals surface area contributed by atoms with Crippen LogP contribution in [0.1, 0.15) is 83.1 Å². The number of piperidine rings is 1. The minimum Gasteiger partial charge on any atom is -0.444 e. The molecule has 1 aliphatic heterocycles. The lowest BCUT2D eigenvalue weighted by atomic mass is 10.0. The van der Waals surface area contributed by atoms with Crippen LogP contribution in [0.15, 0.2) is 126 Å². The molecule has 5 rings (SSSR count). The molecular weight excluding hydrogens is 704 g/mol. The van der Waals surface area contributed by atoms with Crippen LogP contribution in [0.4, 0.5) is 16.3 Å². The number of hydrogen-bond acceptors (Lipinski definition) is 7. The monoisotopic (exact) mass is 760 g/mol. The number of rotatable bonds is 21. The van der Waals surface area contributed by atoms with Crippen molar-refractivity contribution < 1.29 is 13.9 Å². The van der Waals surface area contributed by atoms with Gasteiger partial charge in [-0.05, 0) is 87.6 Å². The summed E-state index contributed by atoms with van der Waals surface area (Å²) < 4.78 is 22.8. The number of para-hydroxylation sites is 2. The third-order valence-corrected chi connectivity index (χ3v) is 9.90. The first-order chi connectivity index (χ1) is 27.4. The lowest BCUT2D eigenvalue weighted by molar-refractivity contribution is -0.147. The van der Waals surface area contributed by atoms with E-state index >= 15 is 0 Å². The average Bonchev–Trinajstić information content (AvgIpc) is 3.58. The van der Waals surface area contributed by atoms with Crippen molar-refractivity contribution in [3.05, 3.63) is 143 Å². The number of nitrogens with zero attached hydrogens (tertiary/aromatic N) is 6. The molecule has 0 unspecified atom stereocenters. The van der Waals surface area contributed by atoms with Gasteiger partial charge in [0.05, 0.1) is 17.6 Å². The van der Waals surface area contributed by atoms with E-state index in [0.29, 0.717) is 18.9 Å². The number of imidazole rings is 1. The second kappa shape index (κ2) is 22.8. The predicted molar refractivity (Wildman–Crippen MR) is 226 cm³/mol. The van der Waals surface area contributed by atoms with Crippen LogP contribution in [0.2, 0.25) is 0 Å². The minimum atomic E-state index is -0.339. The van der Waals surface area contributed by atoms with Gasteiger partial charge in [-0.3, -0.25) is 9.59 Å². The highest BCUT2D eigenvalue weighted by Gasteiger charge is 2.28. The van der Waals surface area contributed by atoms with Gasteiger partial charge >= 0.3 is 5.97 Å². The molecule has 0 amide bonds. The molecule has 0 radical (unpaired) electrons. The molecule has 1 fully saturated rings. The topological polar surface area (TPSA) is 85.5 Å². The minimum absolute atomic E-state index is 0.116. The normalized spacial score (nSPS) is 14.2. The van der Waals surface area contributed by atoms with E-state index in [1.165, 1.54) is 35.4 Å². The summed E-state index contributed by atoms with van der Waals surface area (Å²) in [6.45, 7) is 4.10. The number of carbonyl (C=O) groups is 1. The van der Waals surface area contributed by atoms with Crippen molar-refractivity contribution in [2.75, 3.05) is 29.9 Å². The van der Waals surface area contributed by atoms with Gasteiger partial charge in [0.2, 0.25) is 11.9 Å². The number of anilines is 2. The van der Waals surface area contributed by atoms with E-state index in [0.717, 1.165) is 87.0 Å². The van der Waals surface area contributed by atoms with Gasteiger partial charge in [0.25, 0.3) is 5.56 Å². The van der Waals surface area contributed by atoms with E-state index in [1.807, 2.05) is 42.3 Å². The van der Waals surface area contributed by atoms with E-state index in [-0.39, 0.29) is 36.5 Å². The molecule has 296 valence electrons. The van der Waals surface area contributed by atoms with Crippen LogP contribution in [0.3, 0.4) is 0 Å². The van der Waals surface area contributed by atoms with Crippen LogP contribution in [-0.4, -0.2) is 51.3 Å². The zero-order chi connectivity index (χ0) is 39.4. The van der Waals surface area contributed by atoms with E-state index in [2.05, 4.69) is 88.2 Å². The summed E-state index contributed by atoms with van der Waals surface area (Å²) in [7, 11) is 1.94. The van der Waals surface area contributed by atoms with Gasteiger partial charge in [0.15, 0.2) is 6.73 Å². The molecule has 0 aliphatic carbocycles. The molecule has 1 aliphatic rings. The van der Waals surface area contributed by atoms with Crippen LogP contribution in [0.5, 0.6) is 0 Å². The summed E-state index contributed by atoms with van der Waals surface area (Å²) in [4.78, 5) is 39.4. The SMILES string of the molecule is CCCC=CCC=CCC=CCC=CCC=CCCCC(=O)OCn1c(N(C)C2CCN(c3nc4ccccc4n3Cc3ccc(F)cc3)CC2)nccc1=O. The van der Waals surface area contributed by atoms with Crippen molar-refractivity contribution >= 4 is 28.9 Å². The molecule has 3 heterocycles. The fourth-order valence-electron chi connectivity index (χ4n) is 6.74. The van der Waals surface area contributed by atoms with Crippen molar-refractivity contribution in [1.29, 1.82) is 0 Å². The second-order valence-electron chi connectivity index (χ2n) is 14.1. The molecule has 10 heteroatoms. The molecule has 2 aromatic heterocycles. The molecule has 0 spiro atoms. The van der Waals surface area contributed by atoms with Gasteiger partial charge in [-0.1, -0.05) is 98.4 Å². The maximum atomic E-state index is 13.6. The highest BCUT2D eigenvalue weighted by molar-refractivity contribution is 5.79. The molecule has 0 N–H and O–H groups in total. The number of benzene rings is 2. The number of ether oxygens (including phenoxy) is 1. The quantitative estimate of drug-likeness (QED) is 0.0475. The highest BCUT2D eigenvalue weighted by atomic mass is 19.1. The van der Waals surface area contributed by atoms with E-state index in [1.54, 1.807) is 0 Å². The van der Waals surface area contributed by atoms with Crippen LogP contribution in [0.25, 0.3) is 11.0 Å². The Morgan fingerprint density at radius 2 is 1.46 bits per heavy atom. The third-order valence-electron chi connectivity index (χ3n) is 9.90. The van der Waals surface area contributed by atoms with Crippen LogP contribution >= 0.6 is 0 Å². The van der Waals surface area contributed by atoms with Crippen molar-refractivity contribution in [1.82, 2.24) is 19.1 Å². The molecule has 1 saturated heterocycles. The lowest BCUT2D eigenvalue weighted by Crippen LogP contribution is -2.46. The summed E-state index contributed by atoms with van der Waals surface area (Å²) in [5.41, 5.74) is 2.68. The number of carbonyl (C=O) groups excluding carboxylic acids is 1. The second-order valence-corrected chi connectivity index (χ2v) is 14.1. The summed E-state index contributed by atoms with van der Waals surface area (Å²) >= 11 is 0. The summed E-state index contributed by atoms with van der Waals surface area (Å²) in [6, 6.07) is 16.2. The van der Waals surface area contributed by atoms with E-state index in [9.17, 15) is 14.0 Å². The van der Waals surface area contributed by atoms with Crippen LogP contribution in [0, 0.1) is 5.82 Å². The molecule has 0 atom stereocenters. The van der Waals surface area contributed by atoms with Gasteiger partial charge < -0.3 is 19.1 Å². The van der Waals surface area contributed by atoms with Gasteiger partial charge in [-0.15, -0.1) is 0 Å². The van der Waals surface area contributed by atoms with E-state index < -0.39 is 0 Å². The number of fused-ring (bicyclic) bond motifs is 1. The smallest absolute Gasteiger partial charge is 0.307 e. The third kappa shape index (κ3) is 12.8. The Morgan fingerprint density at radius 3 is 2.12 bits per heavy atom. The molecule has 0 bridgehead atoms. The first-order valence-electron chi connectivity index (χ1n) is 20.1. The Morgan fingerprint density at radius 1 is 0.839 bits per heavy atom. The predicted octanol–water partition coefficient (Wildman–Crippen LogP) is 9.70. The Labute approximate surface area is 331 Å². The zero-order valence-corrected chi connectivity index (χ0v) is 33.0. The molecule has 9 nitrogen and oxygen atoms in total. The molecule has 4 aromatic rings. The van der Waals surface area contributed by atoms with Gasteiger partial charge in [-0.2, -0.15) is 0 Å². The Hall–Kier alpha value is -5.51. The molecular formula is C46H57FN6O3. The fourth-order valence-corrected chi connectivity index (χ4v) is 6.74. The standard InChI is InChI=1S/C46H57FN6O3/c1-3-4-5-6-7-8-9-10-11-12-13-14-15-16-17-18-19-20-25-44(55)56-37-53-43(54)30-33-48-45(53)50(2)40-31-34-51(35-32-40)46-49-41-23-21-22-24-42(41)52(46)36-38-26-28-39(47)29-27-38/h5-6,8-9,11-12,14-15,17-18,21-24,26-30,33,40H,3-4,7,10,13,16,19-20,25,31-32,34-37H2,1-2H3. The van der Waals surface area contributed by atoms with Crippen molar-refractivity contribution in [3.8, 4) is 0 Å². The summed E-state index contributed by atoms with van der Waals surface area (Å²) in [5, 5.41) is 0. The fraction of sp³-hybridized carbons (Fsp3) is 0.391. The number of allylic oxidation sites excluding steroid dienone is 10. The average molecular weight is 761 g/mol. The number of aromatic nitrogens is 4. The first kappa shape index (κ1) is 41.6. The van der Waals surface area contributed by atoms with Gasteiger partial charge in [0, 0.05) is 44.9 Å². The largest absolute Gasteiger partial charge is 0.444 e. The van der Waals surface area contributed by atoms with Gasteiger partial charge in [0.1, 0.15) is 5.82 Å². The van der Waals surface area contributed by atoms with Crippen molar-refractivity contribution in [2.24, 2.45) is 0 Å². The van der Waals surface area contributed by atoms with Crippen molar-refractivity contribution in [2.45, 2.75) is 96.9 Å². The van der Waals surface area contributed by atoms with Crippen LogP contribution in [-0.2, 0) is 22.8 Å². The molecule has 0 saturated carbocycles.